The monoisotopic (exact) mass is 292 g/mol. The van der Waals surface area contributed by atoms with Crippen LogP contribution in [0.5, 0.6) is 0 Å². The molecule has 6 heteroatoms. The van der Waals surface area contributed by atoms with Gasteiger partial charge in [0.05, 0.1) is 11.3 Å². The van der Waals surface area contributed by atoms with Gasteiger partial charge < -0.3 is 10.2 Å². The number of hydrogen-bond donors (Lipinski definition) is 2. The molecule has 1 aliphatic heterocycles. The maximum atomic E-state index is 12.5. The van der Waals surface area contributed by atoms with E-state index in [-0.39, 0.29) is 23.8 Å². The summed E-state index contributed by atoms with van der Waals surface area (Å²) in [5.74, 6) is 0.120. The normalized spacial score (nSPS) is 16.3. The lowest BCUT2D eigenvalue weighted by Gasteiger charge is -2.32. The van der Waals surface area contributed by atoms with Crippen molar-refractivity contribution in [1.82, 2.24) is 20.4 Å². The zero-order valence-corrected chi connectivity index (χ0v) is 13.2. The number of aromatic nitrogens is 2. The number of carbonyl (C=O) groups is 2. The van der Waals surface area contributed by atoms with Crippen LogP contribution < -0.4 is 5.32 Å². The van der Waals surface area contributed by atoms with Gasteiger partial charge in [-0.2, -0.15) is 5.10 Å². The van der Waals surface area contributed by atoms with Crippen LogP contribution in [-0.2, 0) is 4.79 Å². The summed E-state index contributed by atoms with van der Waals surface area (Å²) in [6.45, 7) is 8.82. The van der Waals surface area contributed by atoms with E-state index in [1.807, 2.05) is 32.6 Å². The topological polar surface area (TPSA) is 78.1 Å². The molecule has 0 bridgehead atoms. The van der Waals surface area contributed by atoms with E-state index in [1.165, 1.54) is 0 Å². The molecule has 1 aromatic rings. The first-order valence-corrected chi connectivity index (χ1v) is 7.51. The molecule has 0 unspecified atom stereocenters. The molecule has 21 heavy (non-hydrogen) atoms. The fraction of sp³-hybridized carbons (Fsp3) is 0.667. The van der Waals surface area contributed by atoms with Crippen LogP contribution in [0.2, 0.25) is 0 Å². The van der Waals surface area contributed by atoms with E-state index in [4.69, 9.17) is 0 Å². The molecule has 1 fully saturated rings. The summed E-state index contributed by atoms with van der Waals surface area (Å²) in [7, 11) is 0. The molecular formula is C15H24N4O2. The molecule has 2 heterocycles. The van der Waals surface area contributed by atoms with E-state index in [0.29, 0.717) is 18.7 Å². The zero-order valence-electron chi connectivity index (χ0n) is 13.2. The van der Waals surface area contributed by atoms with Gasteiger partial charge in [-0.1, -0.05) is 13.8 Å². The molecule has 1 aromatic heterocycles. The van der Waals surface area contributed by atoms with E-state index >= 15 is 0 Å². The zero-order chi connectivity index (χ0) is 15.6. The van der Waals surface area contributed by atoms with Crippen molar-refractivity contribution in [3.63, 3.8) is 0 Å². The number of aromatic amines is 1. The molecule has 0 radical (unpaired) electrons. The number of rotatable bonds is 3. The Morgan fingerprint density at radius 2 is 1.90 bits per heavy atom. The summed E-state index contributed by atoms with van der Waals surface area (Å²) in [5.41, 5.74) is 2.24. The van der Waals surface area contributed by atoms with Gasteiger partial charge in [0.1, 0.15) is 0 Å². The predicted octanol–water partition coefficient (Wildman–Crippen LogP) is 1.40. The Labute approximate surface area is 125 Å². The maximum absolute atomic E-state index is 12.5. The van der Waals surface area contributed by atoms with Gasteiger partial charge in [0.2, 0.25) is 5.91 Å². The van der Waals surface area contributed by atoms with Crippen molar-refractivity contribution < 1.29 is 9.59 Å². The molecule has 1 aliphatic rings. The van der Waals surface area contributed by atoms with Gasteiger partial charge in [0, 0.05) is 30.7 Å². The van der Waals surface area contributed by atoms with E-state index in [2.05, 4.69) is 15.5 Å². The van der Waals surface area contributed by atoms with Crippen molar-refractivity contribution in [2.75, 3.05) is 13.1 Å². The van der Waals surface area contributed by atoms with E-state index in [0.717, 1.165) is 24.2 Å². The van der Waals surface area contributed by atoms with Crippen molar-refractivity contribution in [2.45, 2.75) is 46.6 Å². The molecule has 116 valence electrons. The van der Waals surface area contributed by atoms with E-state index in [9.17, 15) is 9.59 Å². The molecule has 6 nitrogen and oxygen atoms in total. The number of hydrogen-bond acceptors (Lipinski definition) is 3. The van der Waals surface area contributed by atoms with Gasteiger partial charge in [-0.05, 0) is 26.7 Å². The quantitative estimate of drug-likeness (QED) is 0.884. The van der Waals surface area contributed by atoms with Crippen LogP contribution >= 0.6 is 0 Å². The van der Waals surface area contributed by atoms with Gasteiger partial charge in [-0.15, -0.1) is 0 Å². The maximum Gasteiger partial charge on any atom is 0.257 e. The summed E-state index contributed by atoms with van der Waals surface area (Å²) in [5, 5.41) is 9.97. The van der Waals surface area contributed by atoms with Gasteiger partial charge in [-0.3, -0.25) is 14.7 Å². The average Bonchev–Trinajstić information content (AvgIpc) is 2.78. The second-order valence-corrected chi connectivity index (χ2v) is 6.04. The van der Waals surface area contributed by atoms with Gasteiger partial charge in [-0.25, -0.2) is 0 Å². The van der Waals surface area contributed by atoms with Crippen molar-refractivity contribution in [1.29, 1.82) is 0 Å². The van der Waals surface area contributed by atoms with Gasteiger partial charge in [0.15, 0.2) is 0 Å². The minimum Gasteiger partial charge on any atom is -0.353 e. The third kappa shape index (κ3) is 3.43. The number of nitrogens with one attached hydrogen (secondary N) is 2. The van der Waals surface area contributed by atoms with E-state index in [1.54, 1.807) is 0 Å². The Hall–Kier alpha value is -1.85. The predicted molar refractivity (Wildman–Crippen MR) is 80.0 cm³/mol. The standard InChI is InChI=1S/C15H24N4O2/c1-9(2)14(20)16-12-5-7-19(8-6-12)15(21)13-10(3)17-18-11(13)4/h9,12H,5-8H2,1-4H3,(H,16,20)(H,17,18). The first kappa shape index (κ1) is 15.5. The number of nitrogens with zero attached hydrogens (tertiary/aromatic N) is 2. The SMILES string of the molecule is Cc1n[nH]c(C)c1C(=O)N1CCC(NC(=O)C(C)C)CC1. The molecule has 2 N–H and O–H groups in total. The smallest absolute Gasteiger partial charge is 0.257 e. The summed E-state index contributed by atoms with van der Waals surface area (Å²) in [4.78, 5) is 26.1. The summed E-state index contributed by atoms with van der Waals surface area (Å²) >= 11 is 0. The Bertz CT molecular complexity index is 508. The van der Waals surface area contributed by atoms with Crippen molar-refractivity contribution in [3.8, 4) is 0 Å². The molecule has 2 rings (SSSR count). The molecule has 0 aromatic carbocycles. The fourth-order valence-electron chi connectivity index (χ4n) is 2.62. The van der Waals surface area contributed by atoms with Crippen LogP contribution in [0.3, 0.4) is 0 Å². The van der Waals surface area contributed by atoms with Crippen molar-refractivity contribution in [2.24, 2.45) is 5.92 Å². The molecule has 0 aliphatic carbocycles. The van der Waals surface area contributed by atoms with Crippen LogP contribution in [-0.4, -0.2) is 46.0 Å². The minimum absolute atomic E-state index is 0.000825. The van der Waals surface area contributed by atoms with Gasteiger partial charge in [0.25, 0.3) is 5.91 Å². The van der Waals surface area contributed by atoms with Crippen LogP contribution in [0, 0.1) is 19.8 Å². The van der Waals surface area contributed by atoms with Crippen LogP contribution in [0.25, 0.3) is 0 Å². The summed E-state index contributed by atoms with van der Waals surface area (Å²) in [6, 6.07) is 0.176. The number of piperidine rings is 1. The highest BCUT2D eigenvalue weighted by Crippen LogP contribution is 2.17. The Kier molecular flexibility index (Phi) is 4.65. The third-order valence-corrected chi connectivity index (χ3v) is 3.99. The molecule has 0 spiro atoms. The number of aryl methyl sites for hydroxylation is 2. The number of likely N-dealkylation sites (tertiary alicyclic amines) is 1. The van der Waals surface area contributed by atoms with Crippen molar-refractivity contribution in [3.05, 3.63) is 17.0 Å². The summed E-state index contributed by atoms with van der Waals surface area (Å²) in [6.07, 6.45) is 1.61. The van der Waals surface area contributed by atoms with Crippen LogP contribution in [0.15, 0.2) is 0 Å². The Balaban J connectivity index is 1.92. The van der Waals surface area contributed by atoms with E-state index < -0.39 is 0 Å². The Morgan fingerprint density at radius 3 is 2.38 bits per heavy atom. The first-order valence-electron chi connectivity index (χ1n) is 7.51. The first-order chi connectivity index (χ1) is 9.90. The molecule has 1 saturated heterocycles. The highest BCUT2D eigenvalue weighted by Gasteiger charge is 2.27. The highest BCUT2D eigenvalue weighted by atomic mass is 16.2. The Morgan fingerprint density at radius 1 is 1.29 bits per heavy atom. The molecule has 2 amide bonds. The molecule has 0 atom stereocenters. The fourth-order valence-corrected chi connectivity index (χ4v) is 2.62. The molecular weight excluding hydrogens is 268 g/mol. The van der Waals surface area contributed by atoms with Crippen LogP contribution in [0.1, 0.15) is 48.4 Å². The molecule has 0 saturated carbocycles. The second kappa shape index (κ2) is 6.28. The largest absolute Gasteiger partial charge is 0.353 e. The number of H-pyrrole nitrogens is 1. The minimum atomic E-state index is 0.000825. The van der Waals surface area contributed by atoms with Gasteiger partial charge >= 0.3 is 0 Å². The lowest BCUT2D eigenvalue weighted by molar-refractivity contribution is -0.124. The third-order valence-electron chi connectivity index (χ3n) is 3.99. The van der Waals surface area contributed by atoms with Crippen LogP contribution in [0.4, 0.5) is 0 Å². The lowest BCUT2D eigenvalue weighted by atomic mass is 10.0. The second-order valence-electron chi connectivity index (χ2n) is 6.04. The number of carbonyl (C=O) groups excluding carboxylic acids is 2. The lowest BCUT2D eigenvalue weighted by Crippen LogP contribution is -2.47. The highest BCUT2D eigenvalue weighted by molar-refractivity contribution is 5.96. The average molecular weight is 292 g/mol. The summed E-state index contributed by atoms with van der Waals surface area (Å²) < 4.78 is 0. The van der Waals surface area contributed by atoms with Crippen molar-refractivity contribution >= 4 is 11.8 Å². The number of amides is 2.